The largest absolute Gasteiger partial charge is 0.307 e. The summed E-state index contributed by atoms with van der Waals surface area (Å²) in [7, 11) is 0. The average molecular weight is 216 g/mol. The molecule has 1 saturated heterocycles. The van der Waals surface area contributed by atoms with Crippen LogP contribution in [0.1, 0.15) is 35.1 Å². The van der Waals surface area contributed by atoms with Gasteiger partial charge < -0.3 is 5.32 Å². The van der Waals surface area contributed by atoms with Crippen molar-refractivity contribution in [2.75, 3.05) is 6.54 Å². The van der Waals surface area contributed by atoms with Gasteiger partial charge in [-0.15, -0.1) is 5.10 Å². The van der Waals surface area contributed by atoms with Gasteiger partial charge in [0.25, 0.3) is 0 Å². The van der Waals surface area contributed by atoms with Crippen LogP contribution in [-0.2, 0) is 0 Å². The Labute approximate surface area is 92.5 Å². The summed E-state index contributed by atoms with van der Waals surface area (Å²) in [6, 6.07) is 3.79. The molecule has 2 aromatic rings. The van der Waals surface area contributed by atoms with E-state index < -0.39 is 0 Å². The molecule has 1 aliphatic rings. The van der Waals surface area contributed by atoms with Crippen LogP contribution >= 0.6 is 0 Å². The Morgan fingerprint density at radius 1 is 1.56 bits per heavy atom. The smallest absolute Gasteiger partial charge is 0.168 e. The second-order valence-electron chi connectivity index (χ2n) is 3.97. The molecule has 3 heterocycles. The number of aromatic nitrogens is 3. The summed E-state index contributed by atoms with van der Waals surface area (Å²) >= 11 is 0. The van der Waals surface area contributed by atoms with Crippen LogP contribution in [-0.4, -0.2) is 27.4 Å². The van der Waals surface area contributed by atoms with Crippen LogP contribution in [0.25, 0.3) is 5.65 Å². The third kappa shape index (κ3) is 1.40. The van der Waals surface area contributed by atoms with E-state index in [-0.39, 0.29) is 6.04 Å². The Hall–Kier alpha value is -1.75. The Balaban J connectivity index is 2.11. The average Bonchev–Trinajstić information content (AvgIpc) is 2.96. The van der Waals surface area contributed by atoms with Gasteiger partial charge in [0, 0.05) is 6.20 Å². The number of rotatable bonds is 2. The number of carbonyl (C=O) groups is 1. The third-order valence-corrected chi connectivity index (χ3v) is 2.91. The molecule has 82 valence electrons. The van der Waals surface area contributed by atoms with Crippen molar-refractivity contribution >= 4 is 11.9 Å². The summed E-state index contributed by atoms with van der Waals surface area (Å²) in [6.45, 7) is 1.01. The fourth-order valence-electron chi connectivity index (χ4n) is 2.09. The lowest BCUT2D eigenvalue weighted by molar-refractivity contribution is 0.112. The quantitative estimate of drug-likeness (QED) is 0.760. The van der Waals surface area contributed by atoms with E-state index in [0.717, 1.165) is 31.5 Å². The van der Waals surface area contributed by atoms with Gasteiger partial charge in [-0.25, -0.2) is 9.50 Å². The van der Waals surface area contributed by atoms with E-state index in [0.29, 0.717) is 11.2 Å². The zero-order valence-electron chi connectivity index (χ0n) is 8.76. The minimum Gasteiger partial charge on any atom is -0.307 e. The highest BCUT2D eigenvalue weighted by atomic mass is 16.1. The first-order valence-corrected chi connectivity index (χ1v) is 5.42. The molecule has 1 unspecified atom stereocenters. The van der Waals surface area contributed by atoms with Crippen molar-refractivity contribution in [1.29, 1.82) is 0 Å². The molecular weight excluding hydrogens is 204 g/mol. The van der Waals surface area contributed by atoms with Crippen LogP contribution in [0.5, 0.6) is 0 Å². The molecule has 5 nitrogen and oxygen atoms in total. The minimum atomic E-state index is 0.236. The number of nitrogens with one attached hydrogen (secondary N) is 1. The summed E-state index contributed by atoms with van der Waals surface area (Å²) in [4.78, 5) is 15.3. The molecule has 0 radical (unpaired) electrons. The van der Waals surface area contributed by atoms with Gasteiger partial charge in [0.15, 0.2) is 17.8 Å². The highest BCUT2D eigenvalue weighted by molar-refractivity contribution is 5.83. The fraction of sp³-hybridized carbons (Fsp3) is 0.364. The van der Waals surface area contributed by atoms with Crippen molar-refractivity contribution in [3.63, 3.8) is 0 Å². The zero-order chi connectivity index (χ0) is 11.0. The summed E-state index contributed by atoms with van der Waals surface area (Å²) in [5.41, 5.74) is 1.22. The van der Waals surface area contributed by atoms with Gasteiger partial charge in [-0.3, -0.25) is 4.79 Å². The Bertz CT molecular complexity index is 528. The summed E-state index contributed by atoms with van der Waals surface area (Å²) < 4.78 is 1.67. The molecule has 3 rings (SSSR count). The molecule has 0 bridgehead atoms. The Kier molecular flexibility index (Phi) is 2.18. The maximum absolute atomic E-state index is 10.9. The van der Waals surface area contributed by atoms with E-state index in [1.807, 2.05) is 6.20 Å². The van der Waals surface area contributed by atoms with Crippen molar-refractivity contribution in [2.45, 2.75) is 18.9 Å². The normalized spacial score (nSPS) is 20.4. The molecule has 0 amide bonds. The first-order chi connectivity index (χ1) is 7.88. The summed E-state index contributed by atoms with van der Waals surface area (Å²) in [5.74, 6) is 0.784. The molecule has 1 atom stereocenters. The number of aldehydes is 1. The van der Waals surface area contributed by atoms with Gasteiger partial charge in [-0.2, -0.15) is 0 Å². The van der Waals surface area contributed by atoms with Gasteiger partial charge in [0.05, 0.1) is 11.6 Å². The molecule has 2 aromatic heterocycles. The monoisotopic (exact) mass is 216 g/mol. The van der Waals surface area contributed by atoms with E-state index in [4.69, 9.17) is 0 Å². The standard InChI is InChI=1S/C11H12N4O/c16-7-8-3-2-6-15-11(8)13-10(14-15)9-4-1-5-12-9/h2-3,6-7,9,12H,1,4-5H2. The number of carbonyl (C=O) groups excluding carboxylic acids is 1. The highest BCUT2D eigenvalue weighted by Crippen LogP contribution is 2.20. The molecule has 5 heteroatoms. The van der Waals surface area contributed by atoms with Gasteiger partial charge in [-0.05, 0) is 31.5 Å². The maximum Gasteiger partial charge on any atom is 0.168 e. The first kappa shape index (κ1) is 9.47. The van der Waals surface area contributed by atoms with E-state index in [9.17, 15) is 4.79 Å². The SMILES string of the molecule is O=Cc1cccn2nc(C3CCCN3)nc12. The highest BCUT2D eigenvalue weighted by Gasteiger charge is 2.21. The number of hydrogen-bond donors (Lipinski definition) is 1. The van der Waals surface area contributed by atoms with E-state index in [1.165, 1.54) is 0 Å². The van der Waals surface area contributed by atoms with Crippen molar-refractivity contribution in [3.8, 4) is 0 Å². The van der Waals surface area contributed by atoms with Crippen LogP contribution in [0.4, 0.5) is 0 Å². The van der Waals surface area contributed by atoms with Crippen LogP contribution in [0.15, 0.2) is 18.3 Å². The lowest BCUT2D eigenvalue weighted by Gasteiger charge is -2.02. The zero-order valence-corrected chi connectivity index (χ0v) is 8.76. The lowest BCUT2D eigenvalue weighted by atomic mass is 10.2. The summed E-state index contributed by atoms with van der Waals surface area (Å²) in [6.07, 6.45) is 4.84. The van der Waals surface area contributed by atoms with Crippen LogP contribution in [0.2, 0.25) is 0 Å². The van der Waals surface area contributed by atoms with E-state index >= 15 is 0 Å². The number of pyridine rings is 1. The number of fused-ring (bicyclic) bond motifs is 1. The van der Waals surface area contributed by atoms with Gasteiger partial charge in [-0.1, -0.05) is 0 Å². The van der Waals surface area contributed by atoms with Crippen molar-refractivity contribution in [3.05, 3.63) is 29.7 Å². The Morgan fingerprint density at radius 3 is 3.25 bits per heavy atom. The predicted molar refractivity (Wildman–Crippen MR) is 58.4 cm³/mol. The first-order valence-electron chi connectivity index (χ1n) is 5.42. The van der Waals surface area contributed by atoms with Crippen molar-refractivity contribution in [2.24, 2.45) is 0 Å². The van der Waals surface area contributed by atoms with E-state index in [2.05, 4.69) is 15.4 Å². The molecule has 0 aromatic carbocycles. The molecule has 0 spiro atoms. The van der Waals surface area contributed by atoms with Gasteiger partial charge in [0.2, 0.25) is 0 Å². The molecule has 0 saturated carbocycles. The van der Waals surface area contributed by atoms with Crippen LogP contribution < -0.4 is 5.32 Å². The molecule has 1 aliphatic heterocycles. The molecule has 16 heavy (non-hydrogen) atoms. The van der Waals surface area contributed by atoms with Crippen molar-refractivity contribution in [1.82, 2.24) is 19.9 Å². The molecule has 1 N–H and O–H groups in total. The second kappa shape index (κ2) is 3.68. The lowest BCUT2D eigenvalue weighted by Crippen LogP contribution is -2.14. The van der Waals surface area contributed by atoms with Crippen LogP contribution in [0.3, 0.4) is 0 Å². The molecule has 0 aliphatic carbocycles. The van der Waals surface area contributed by atoms with Crippen LogP contribution in [0, 0.1) is 0 Å². The van der Waals surface area contributed by atoms with E-state index in [1.54, 1.807) is 16.6 Å². The number of hydrogen-bond acceptors (Lipinski definition) is 4. The number of nitrogens with zero attached hydrogens (tertiary/aromatic N) is 3. The predicted octanol–water partition coefficient (Wildman–Crippen LogP) is 0.966. The van der Waals surface area contributed by atoms with Gasteiger partial charge in [0.1, 0.15) is 0 Å². The molecular formula is C11H12N4O. The second-order valence-corrected chi connectivity index (χ2v) is 3.97. The Morgan fingerprint density at radius 2 is 2.50 bits per heavy atom. The van der Waals surface area contributed by atoms with Gasteiger partial charge >= 0.3 is 0 Å². The minimum absolute atomic E-state index is 0.236. The fourth-order valence-corrected chi connectivity index (χ4v) is 2.09. The maximum atomic E-state index is 10.9. The topological polar surface area (TPSA) is 59.3 Å². The molecule has 1 fully saturated rings. The third-order valence-electron chi connectivity index (χ3n) is 2.91. The van der Waals surface area contributed by atoms with Crippen molar-refractivity contribution < 1.29 is 4.79 Å². The summed E-state index contributed by atoms with van der Waals surface area (Å²) in [5, 5.41) is 7.73.